The second-order valence-electron chi connectivity index (χ2n) is 4.78. The molecule has 0 bridgehead atoms. The van der Waals surface area contributed by atoms with Gasteiger partial charge in [-0.15, -0.1) is 0 Å². The van der Waals surface area contributed by atoms with E-state index in [2.05, 4.69) is 21.5 Å². The van der Waals surface area contributed by atoms with Gasteiger partial charge in [-0.2, -0.15) is 16.7 Å². The molecule has 0 saturated carbocycles. The van der Waals surface area contributed by atoms with Gasteiger partial charge in [-0.1, -0.05) is 0 Å². The molecule has 0 amide bonds. The van der Waals surface area contributed by atoms with Gasteiger partial charge in [0.25, 0.3) is 0 Å². The molecule has 0 fully saturated rings. The molecule has 2 N–H and O–H groups in total. The summed E-state index contributed by atoms with van der Waals surface area (Å²) in [5.74, 6) is 2.52. The Labute approximate surface area is 119 Å². The molecule has 0 unspecified atom stereocenters. The zero-order valence-electron chi connectivity index (χ0n) is 12.4. The quantitative estimate of drug-likeness (QED) is 0.794. The van der Waals surface area contributed by atoms with E-state index in [4.69, 9.17) is 0 Å². The van der Waals surface area contributed by atoms with Gasteiger partial charge in [0.2, 0.25) is 5.95 Å². The fourth-order valence-corrected chi connectivity index (χ4v) is 2.14. The monoisotopic (exact) mass is 284 g/mol. The SMILES string of the molecule is CSCC[C@@H](CO)Nc1nc(N(C)C)nc(C)c1C. The molecule has 0 radical (unpaired) electrons. The van der Waals surface area contributed by atoms with Crippen LogP contribution in [0.2, 0.25) is 0 Å². The van der Waals surface area contributed by atoms with Crippen LogP contribution in [0.4, 0.5) is 11.8 Å². The number of nitrogens with zero attached hydrogens (tertiary/aromatic N) is 3. The lowest BCUT2D eigenvalue weighted by Gasteiger charge is -2.20. The van der Waals surface area contributed by atoms with Crippen molar-refractivity contribution in [1.29, 1.82) is 0 Å². The second kappa shape index (κ2) is 7.55. The summed E-state index contributed by atoms with van der Waals surface area (Å²) >= 11 is 1.78. The predicted octanol–water partition coefficient (Wildman–Crippen LogP) is 1.69. The summed E-state index contributed by atoms with van der Waals surface area (Å²) in [6.45, 7) is 4.09. The largest absolute Gasteiger partial charge is 0.394 e. The number of aryl methyl sites for hydroxylation is 1. The van der Waals surface area contributed by atoms with Gasteiger partial charge in [0.15, 0.2) is 0 Å². The standard InChI is InChI=1S/C13H24N4OS/c1-9-10(2)14-13(17(3)4)16-12(9)15-11(8-18)6-7-19-5/h11,18H,6-8H2,1-5H3,(H,14,15,16)/t11-/m0/s1. The maximum Gasteiger partial charge on any atom is 0.227 e. The Balaban J connectivity index is 2.91. The Hall–Kier alpha value is -1.01. The van der Waals surface area contributed by atoms with Crippen LogP contribution in [0, 0.1) is 13.8 Å². The molecule has 5 nitrogen and oxygen atoms in total. The highest BCUT2D eigenvalue weighted by atomic mass is 32.2. The Bertz CT molecular complexity index is 412. The number of nitrogens with one attached hydrogen (secondary N) is 1. The van der Waals surface area contributed by atoms with Gasteiger partial charge in [-0.25, -0.2) is 4.98 Å². The van der Waals surface area contributed by atoms with E-state index in [1.165, 1.54) is 0 Å². The van der Waals surface area contributed by atoms with E-state index in [1.807, 2.05) is 32.8 Å². The van der Waals surface area contributed by atoms with E-state index < -0.39 is 0 Å². The summed E-state index contributed by atoms with van der Waals surface area (Å²) in [6, 6.07) is 0.0375. The fourth-order valence-electron chi connectivity index (χ4n) is 1.62. The van der Waals surface area contributed by atoms with Crippen LogP contribution in [0.15, 0.2) is 0 Å². The van der Waals surface area contributed by atoms with Crippen LogP contribution in [0.3, 0.4) is 0 Å². The van der Waals surface area contributed by atoms with Crippen molar-refractivity contribution >= 4 is 23.5 Å². The van der Waals surface area contributed by atoms with Gasteiger partial charge in [-0.05, 0) is 32.3 Å². The zero-order chi connectivity index (χ0) is 14.4. The van der Waals surface area contributed by atoms with Crippen LogP contribution in [0.1, 0.15) is 17.7 Å². The van der Waals surface area contributed by atoms with E-state index in [0.29, 0.717) is 5.95 Å². The van der Waals surface area contributed by atoms with Crippen LogP contribution in [0.25, 0.3) is 0 Å². The van der Waals surface area contributed by atoms with Crippen LogP contribution < -0.4 is 10.2 Å². The maximum absolute atomic E-state index is 9.43. The van der Waals surface area contributed by atoms with Crippen LogP contribution in [-0.2, 0) is 0 Å². The highest BCUT2D eigenvalue weighted by Gasteiger charge is 2.13. The van der Waals surface area contributed by atoms with Crippen LogP contribution >= 0.6 is 11.8 Å². The fraction of sp³-hybridized carbons (Fsp3) is 0.692. The average Bonchev–Trinajstić information content (AvgIpc) is 2.38. The van der Waals surface area contributed by atoms with Gasteiger partial charge < -0.3 is 15.3 Å². The van der Waals surface area contributed by atoms with Crippen molar-refractivity contribution in [3.05, 3.63) is 11.3 Å². The first-order chi connectivity index (χ1) is 8.99. The highest BCUT2D eigenvalue weighted by molar-refractivity contribution is 7.98. The van der Waals surface area contributed by atoms with Gasteiger partial charge in [0.05, 0.1) is 12.6 Å². The molecule has 1 aromatic heterocycles. The maximum atomic E-state index is 9.43. The lowest BCUT2D eigenvalue weighted by molar-refractivity contribution is 0.272. The Morgan fingerprint density at radius 2 is 2.00 bits per heavy atom. The molecule has 0 aliphatic rings. The normalized spacial score (nSPS) is 12.3. The zero-order valence-corrected chi connectivity index (χ0v) is 13.2. The molecule has 1 heterocycles. The van der Waals surface area contributed by atoms with Crippen molar-refractivity contribution in [2.75, 3.05) is 42.9 Å². The molecule has 6 heteroatoms. The van der Waals surface area contributed by atoms with Crippen molar-refractivity contribution in [3.63, 3.8) is 0 Å². The van der Waals surface area contributed by atoms with E-state index in [1.54, 1.807) is 11.8 Å². The van der Waals surface area contributed by atoms with Gasteiger partial charge >= 0.3 is 0 Å². The number of aliphatic hydroxyl groups is 1. The lowest BCUT2D eigenvalue weighted by Crippen LogP contribution is -2.26. The molecule has 0 aliphatic heterocycles. The van der Waals surface area contributed by atoms with E-state index >= 15 is 0 Å². The third-order valence-corrected chi connectivity index (χ3v) is 3.65. The van der Waals surface area contributed by atoms with Crippen molar-refractivity contribution in [3.8, 4) is 0 Å². The molecule has 0 spiro atoms. The van der Waals surface area contributed by atoms with Crippen molar-refractivity contribution < 1.29 is 5.11 Å². The molecule has 0 saturated heterocycles. The first-order valence-electron chi connectivity index (χ1n) is 6.38. The van der Waals surface area contributed by atoms with E-state index in [-0.39, 0.29) is 12.6 Å². The smallest absolute Gasteiger partial charge is 0.227 e. The minimum Gasteiger partial charge on any atom is -0.394 e. The van der Waals surface area contributed by atoms with E-state index in [0.717, 1.165) is 29.2 Å². The number of hydrogen-bond donors (Lipinski definition) is 2. The number of aliphatic hydroxyl groups excluding tert-OH is 1. The summed E-state index contributed by atoms with van der Waals surface area (Å²) < 4.78 is 0. The molecule has 0 aromatic carbocycles. The summed E-state index contributed by atoms with van der Waals surface area (Å²) in [7, 11) is 3.84. The Kier molecular flexibility index (Phi) is 6.37. The van der Waals surface area contributed by atoms with E-state index in [9.17, 15) is 5.11 Å². The first-order valence-corrected chi connectivity index (χ1v) is 7.77. The second-order valence-corrected chi connectivity index (χ2v) is 5.77. The van der Waals surface area contributed by atoms with Crippen molar-refractivity contribution in [2.24, 2.45) is 0 Å². The van der Waals surface area contributed by atoms with Gasteiger partial charge in [0.1, 0.15) is 5.82 Å². The Morgan fingerprint density at radius 3 is 2.53 bits per heavy atom. The summed E-state index contributed by atoms with van der Waals surface area (Å²) in [4.78, 5) is 10.8. The average molecular weight is 284 g/mol. The molecule has 1 rings (SSSR count). The molecule has 1 atom stereocenters. The number of thioether (sulfide) groups is 1. The first kappa shape index (κ1) is 16.0. The topological polar surface area (TPSA) is 61.3 Å². The molecular weight excluding hydrogens is 260 g/mol. The van der Waals surface area contributed by atoms with Crippen molar-refractivity contribution in [2.45, 2.75) is 26.3 Å². The summed E-state index contributed by atoms with van der Waals surface area (Å²) in [5, 5.41) is 12.8. The van der Waals surface area contributed by atoms with Gasteiger partial charge in [-0.3, -0.25) is 0 Å². The summed E-state index contributed by atoms with van der Waals surface area (Å²) in [5.41, 5.74) is 2.00. The lowest BCUT2D eigenvalue weighted by atomic mass is 10.2. The van der Waals surface area contributed by atoms with Crippen LogP contribution in [-0.4, -0.2) is 53.8 Å². The Morgan fingerprint density at radius 1 is 1.32 bits per heavy atom. The van der Waals surface area contributed by atoms with Crippen LogP contribution in [0.5, 0.6) is 0 Å². The molecule has 108 valence electrons. The minimum absolute atomic E-state index is 0.0375. The third-order valence-electron chi connectivity index (χ3n) is 3.01. The van der Waals surface area contributed by atoms with Gasteiger partial charge in [0, 0.05) is 25.4 Å². The number of hydrogen-bond acceptors (Lipinski definition) is 6. The molecular formula is C13H24N4OS. The highest BCUT2D eigenvalue weighted by Crippen LogP contribution is 2.19. The number of anilines is 2. The molecule has 1 aromatic rings. The molecule has 19 heavy (non-hydrogen) atoms. The number of rotatable bonds is 7. The third kappa shape index (κ3) is 4.54. The predicted molar refractivity (Wildman–Crippen MR) is 83.3 cm³/mol. The molecule has 0 aliphatic carbocycles. The summed E-state index contributed by atoms with van der Waals surface area (Å²) in [6.07, 6.45) is 2.98. The van der Waals surface area contributed by atoms with Crippen molar-refractivity contribution in [1.82, 2.24) is 9.97 Å². The minimum atomic E-state index is 0.0375. The number of aromatic nitrogens is 2.